The zero-order chi connectivity index (χ0) is 14.6. The molecule has 0 aliphatic rings. The van der Waals surface area contributed by atoms with Gasteiger partial charge in [-0.3, -0.25) is 4.79 Å². The van der Waals surface area contributed by atoms with E-state index in [9.17, 15) is 13.2 Å². The summed E-state index contributed by atoms with van der Waals surface area (Å²) in [6.07, 6.45) is 0.0331. The van der Waals surface area contributed by atoms with Crippen LogP contribution in [0.1, 0.15) is 6.42 Å². The van der Waals surface area contributed by atoms with Crippen LogP contribution in [0.25, 0.3) is 0 Å². The summed E-state index contributed by atoms with van der Waals surface area (Å²) < 4.78 is 31.3. The number of ether oxygens (including phenoxy) is 1. The first-order valence-electron chi connectivity index (χ1n) is 4.97. The molecule has 1 atom stereocenters. The Kier molecular flexibility index (Phi) is 6.21. The molecule has 0 aliphatic carbocycles. The molecular formula is C9H11BrClNO5S2. The van der Waals surface area contributed by atoms with Crippen LogP contribution < -0.4 is 4.72 Å². The Morgan fingerprint density at radius 3 is 2.74 bits per heavy atom. The van der Waals surface area contributed by atoms with Gasteiger partial charge in [0.25, 0.3) is 10.0 Å². The fourth-order valence-electron chi connectivity index (χ4n) is 1.17. The highest BCUT2D eigenvalue weighted by Crippen LogP contribution is 2.34. The van der Waals surface area contributed by atoms with E-state index in [0.717, 1.165) is 11.3 Å². The molecule has 1 rings (SSSR count). The fraction of sp³-hybridized carbons (Fsp3) is 0.444. The molecule has 0 radical (unpaired) electrons. The lowest BCUT2D eigenvalue weighted by Gasteiger charge is -2.13. The first-order chi connectivity index (χ1) is 8.77. The van der Waals surface area contributed by atoms with Gasteiger partial charge in [0.2, 0.25) is 0 Å². The number of carbonyl (C=O) groups is 1. The van der Waals surface area contributed by atoms with E-state index in [4.69, 9.17) is 21.4 Å². The number of hydrogen-bond acceptors (Lipinski definition) is 5. The number of hydrogen-bond donors (Lipinski definition) is 2. The Hall–Kier alpha value is -0.190. The van der Waals surface area contributed by atoms with Gasteiger partial charge in [0, 0.05) is 13.7 Å². The van der Waals surface area contributed by atoms with Crippen LogP contribution in [0.2, 0.25) is 5.02 Å². The molecule has 1 heterocycles. The van der Waals surface area contributed by atoms with Crippen molar-refractivity contribution >= 4 is 54.9 Å². The molecule has 0 saturated carbocycles. The van der Waals surface area contributed by atoms with E-state index in [-0.39, 0.29) is 22.3 Å². The molecule has 2 N–H and O–H groups in total. The van der Waals surface area contributed by atoms with Gasteiger partial charge in [-0.1, -0.05) is 11.6 Å². The molecule has 1 aromatic heterocycles. The van der Waals surface area contributed by atoms with Gasteiger partial charge < -0.3 is 9.84 Å². The molecule has 1 unspecified atom stereocenters. The smallest absolute Gasteiger partial charge is 0.321 e. The van der Waals surface area contributed by atoms with Crippen LogP contribution in [0.3, 0.4) is 0 Å². The van der Waals surface area contributed by atoms with Crippen LogP contribution in [0.5, 0.6) is 0 Å². The van der Waals surface area contributed by atoms with Crippen molar-refractivity contribution < 1.29 is 23.1 Å². The lowest BCUT2D eigenvalue weighted by molar-refractivity contribution is -0.139. The summed E-state index contributed by atoms with van der Waals surface area (Å²) in [7, 11) is -2.51. The third kappa shape index (κ3) is 4.69. The number of nitrogens with one attached hydrogen (secondary N) is 1. The number of aliphatic carboxylic acids is 1. The summed E-state index contributed by atoms with van der Waals surface area (Å²) in [5.74, 6) is -1.26. The third-order valence-corrected chi connectivity index (χ3v) is 6.51. The molecule has 0 spiro atoms. The highest BCUT2D eigenvalue weighted by atomic mass is 79.9. The number of thiophene rings is 1. The molecular weight excluding hydrogens is 382 g/mol. The fourth-order valence-corrected chi connectivity index (χ4v) is 4.81. The topological polar surface area (TPSA) is 92.7 Å². The summed E-state index contributed by atoms with van der Waals surface area (Å²) in [4.78, 5) is 11.0. The van der Waals surface area contributed by atoms with Crippen molar-refractivity contribution in [2.75, 3.05) is 13.7 Å². The number of carboxylic acids is 1. The number of halogens is 2. The van der Waals surface area contributed by atoms with Gasteiger partial charge in [-0.25, -0.2) is 8.42 Å². The summed E-state index contributed by atoms with van der Waals surface area (Å²) in [6, 6.07) is 0.0121. The molecule has 0 saturated heterocycles. The van der Waals surface area contributed by atoms with Crippen LogP contribution >= 0.6 is 38.9 Å². The molecule has 19 heavy (non-hydrogen) atoms. The van der Waals surface area contributed by atoms with Crippen molar-refractivity contribution in [1.82, 2.24) is 4.72 Å². The van der Waals surface area contributed by atoms with Crippen LogP contribution in [0.4, 0.5) is 0 Å². The van der Waals surface area contributed by atoms with E-state index in [0.29, 0.717) is 3.79 Å². The van der Waals surface area contributed by atoms with Gasteiger partial charge in [0.05, 0.1) is 8.81 Å². The highest BCUT2D eigenvalue weighted by Gasteiger charge is 2.27. The van der Waals surface area contributed by atoms with Crippen molar-refractivity contribution in [3.63, 3.8) is 0 Å². The van der Waals surface area contributed by atoms with Crippen LogP contribution in [0.15, 0.2) is 14.1 Å². The van der Waals surface area contributed by atoms with Gasteiger partial charge in [-0.2, -0.15) is 4.72 Å². The molecule has 0 amide bonds. The van der Waals surface area contributed by atoms with Crippen molar-refractivity contribution in [2.45, 2.75) is 16.7 Å². The molecule has 0 bridgehead atoms. The van der Waals surface area contributed by atoms with Crippen molar-refractivity contribution in [3.05, 3.63) is 14.9 Å². The summed E-state index contributed by atoms with van der Waals surface area (Å²) in [6.45, 7) is 0.133. The number of sulfonamides is 1. The summed E-state index contributed by atoms with van der Waals surface area (Å²) in [5.41, 5.74) is 0. The van der Waals surface area contributed by atoms with E-state index in [1.807, 2.05) is 0 Å². The SMILES string of the molecule is COCCC(NS(=O)(=O)c1cc(Cl)c(Br)s1)C(=O)O. The number of rotatable bonds is 7. The number of methoxy groups -OCH3 is 1. The van der Waals surface area contributed by atoms with E-state index in [2.05, 4.69) is 20.7 Å². The van der Waals surface area contributed by atoms with E-state index >= 15 is 0 Å². The monoisotopic (exact) mass is 391 g/mol. The predicted octanol–water partition coefficient (Wildman–Crippen LogP) is 1.93. The van der Waals surface area contributed by atoms with Gasteiger partial charge >= 0.3 is 5.97 Å². The molecule has 0 aromatic carbocycles. The average molecular weight is 393 g/mol. The standard InChI is InChI=1S/C9H11BrClNO5S2/c1-17-3-2-6(9(13)14)12-19(15,16)7-4-5(11)8(10)18-7/h4,6,12H,2-3H2,1H3,(H,13,14). The van der Waals surface area contributed by atoms with Crippen LogP contribution in [0, 0.1) is 0 Å². The van der Waals surface area contributed by atoms with Crippen LogP contribution in [-0.4, -0.2) is 39.3 Å². The van der Waals surface area contributed by atoms with Gasteiger partial charge in [0.15, 0.2) is 0 Å². The Balaban J connectivity index is 2.90. The first kappa shape index (κ1) is 16.9. The molecule has 0 fully saturated rings. The van der Waals surface area contributed by atoms with Gasteiger partial charge in [0.1, 0.15) is 10.3 Å². The lowest BCUT2D eigenvalue weighted by atomic mass is 10.2. The lowest BCUT2D eigenvalue weighted by Crippen LogP contribution is -2.41. The minimum absolute atomic E-state index is 0.0331. The minimum atomic E-state index is -3.92. The Bertz CT molecular complexity index is 539. The van der Waals surface area contributed by atoms with E-state index in [1.54, 1.807) is 0 Å². The zero-order valence-corrected chi connectivity index (χ0v) is 13.7. The zero-order valence-electron chi connectivity index (χ0n) is 9.72. The average Bonchev–Trinajstić information content (AvgIpc) is 2.65. The van der Waals surface area contributed by atoms with Crippen molar-refractivity contribution in [2.24, 2.45) is 0 Å². The van der Waals surface area contributed by atoms with Gasteiger partial charge in [-0.15, -0.1) is 11.3 Å². The maximum absolute atomic E-state index is 12.0. The van der Waals surface area contributed by atoms with E-state index in [1.165, 1.54) is 13.2 Å². The molecule has 108 valence electrons. The largest absolute Gasteiger partial charge is 0.480 e. The van der Waals surface area contributed by atoms with Crippen LogP contribution in [-0.2, 0) is 19.6 Å². The Morgan fingerprint density at radius 1 is 1.68 bits per heavy atom. The third-order valence-electron chi connectivity index (χ3n) is 2.09. The summed E-state index contributed by atoms with van der Waals surface area (Å²) >= 11 is 9.77. The second-order valence-electron chi connectivity index (χ2n) is 3.48. The predicted molar refractivity (Wildman–Crippen MR) is 75.3 cm³/mol. The molecule has 6 nitrogen and oxygen atoms in total. The second-order valence-corrected chi connectivity index (χ2v) is 8.20. The molecule has 1 aromatic rings. The maximum Gasteiger partial charge on any atom is 0.321 e. The Morgan fingerprint density at radius 2 is 2.32 bits per heavy atom. The summed E-state index contributed by atoms with van der Waals surface area (Å²) in [5, 5.41) is 9.21. The quantitative estimate of drug-likeness (QED) is 0.739. The molecule has 10 heteroatoms. The van der Waals surface area contributed by atoms with Crippen molar-refractivity contribution in [3.8, 4) is 0 Å². The minimum Gasteiger partial charge on any atom is -0.480 e. The van der Waals surface area contributed by atoms with Crippen molar-refractivity contribution in [1.29, 1.82) is 0 Å². The first-order valence-corrected chi connectivity index (χ1v) is 8.44. The Labute approximate surface area is 127 Å². The highest BCUT2D eigenvalue weighted by molar-refractivity contribution is 9.11. The molecule has 0 aliphatic heterocycles. The van der Waals surface area contributed by atoms with E-state index < -0.39 is 22.0 Å². The normalized spacial score (nSPS) is 13.4. The number of carboxylic acid groups (broad SMARTS) is 1. The van der Waals surface area contributed by atoms with Gasteiger partial charge in [-0.05, 0) is 28.4 Å². The maximum atomic E-state index is 12.0. The second kappa shape index (κ2) is 7.00.